The summed E-state index contributed by atoms with van der Waals surface area (Å²) in [6.45, 7) is 0. The summed E-state index contributed by atoms with van der Waals surface area (Å²) in [4.78, 5) is 0. The highest BCUT2D eigenvalue weighted by Crippen LogP contribution is 2.47. The minimum absolute atomic E-state index is 0.849. The molecule has 3 heteroatoms. The lowest BCUT2D eigenvalue weighted by Crippen LogP contribution is -2.25. The maximum atomic E-state index is 15.5. The summed E-state index contributed by atoms with van der Waals surface area (Å²) in [5.74, 6) is 0. The van der Waals surface area contributed by atoms with Gasteiger partial charge in [0, 0.05) is 32.1 Å². The highest BCUT2D eigenvalue weighted by molar-refractivity contribution is 7.85. The third-order valence-corrected chi connectivity index (χ3v) is 12.1. The van der Waals surface area contributed by atoms with Crippen LogP contribution < -0.4 is 15.9 Å². The van der Waals surface area contributed by atoms with Gasteiger partial charge in [-0.15, -0.1) is 0 Å². The maximum absolute atomic E-state index is 15.5. The zero-order valence-corrected chi connectivity index (χ0v) is 24.2. The van der Waals surface area contributed by atoms with Gasteiger partial charge < -0.3 is 9.13 Å². The molecule has 0 aliphatic carbocycles. The van der Waals surface area contributed by atoms with Crippen molar-refractivity contribution in [1.82, 2.24) is 4.57 Å². The van der Waals surface area contributed by atoms with Crippen molar-refractivity contribution in [3.63, 3.8) is 0 Å². The molecule has 0 spiro atoms. The lowest BCUT2D eigenvalue weighted by atomic mass is 9.93. The molecule has 202 valence electrons. The first-order valence-electron chi connectivity index (χ1n) is 14.6. The van der Waals surface area contributed by atoms with Crippen LogP contribution in [0.2, 0.25) is 0 Å². The first-order valence-corrected chi connectivity index (χ1v) is 16.3. The normalized spacial score (nSPS) is 12.3. The highest BCUT2D eigenvalue weighted by atomic mass is 31.2. The number of benzene rings is 8. The number of hydrogen-bond donors (Lipinski definition) is 0. The fourth-order valence-corrected chi connectivity index (χ4v) is 9.97. The Kier molecular flexibility index (Phi) is 5.21. The van der Waals surface area contributed by atoms with Crippen LogP contribution in [0.5, 0.6) is 0 Å². The fraction of sp³-hybridized carbons (Fsp3) is 0. The molecule has 0 fully saturated rings. The van der Waals surface area contributed by atoms with E-state index >= 15 is 4.57 Å². The molecule has 0 N–H and O–H groups in total. The molecule has 8 aromatic carbocycles. The quantitative estimate of drug-likeness (QED) is 0.153. The molecule has 9 rings (SSSR count). The van der Waals surface area contributed by atoms with Crippen LogP contribution in [0, 0.1) is 0 Å². The summed E-state index contributed by atoms with van der Waals surface area (Å²) >= 11 is 0. The van der Waals surface area contributed by atoms with Crippen LogP contribution in [0.15, 0.2) is 158 Å². The second-order valence-electron chi connectivity index (χ2n) is 11.2. The molecule has 0 amide bonds. The number of para-hydroxylation sites is 2. The first-order chi connectivity index (χ1) is 21.2. The Labute approximate surface area is 249 Å². The summed E-state index contributed by atoms with van der Waals surface area (Å²) in [6, 6.07) is 54.8. The average molecular weight is 568 g/mol. The molecular formula is C40H26NOP. The molecule has 0 bridgehead atoms. The van der Waals surface area contributed by atoms with Gasteiger partial charge >= 0.3 is 0 Å². The Morgan fingerprint density at radius 3 is 1.47 bits per heavy atom. The number of hydrogen-bond acceptors (Lipinski definition) is 1. The Morgan fingerprint density at radius 1 is 0.395 bits per heavy atom. The zero-order chi connectivity index (χ0) is 28.5. The number of rotatable bonds is 4. The topological polar surface area (TPSA) is 22.0 Å². The van der Waals surface area contributed by atoms with E-state index in [1.54, 1.807) is 0 Å². The molecular weight excluding hydrogens is 541 g/mol. The summed E-state index contributed by atoms with van der Waals surface area (Å²) in [6.07, 6.45) is 0. The SMILES string of the molecule is O=P(c1ccccc1)(c1ccccc1)c1ccc2ccc3c(-n4c5ccccc5c5ccccc54)ccc4ccc1c2c43. The summed E-state index contributed by atoms with van der Waals surface area (Å²) in [7, 11) is -3.17. The van der Waals surface area contributed by atoms with Crippen molar-refractivity contribution in [3.05, 3.63) is 158 Å². The van der Waals surface area contributed by atoms with E-state index in [0.29, 0.717) is 0 Å². The largest absolute Gasteiger partial charge is 0.309 e. The molecule has 1 aromatic heterocycles. The lowest BCUT2D eigenvalue weighted by Gasteiger charge is -2.23. The van der Waals surface area contributed by atoms with Crippen molar-refractivity contribution in [3.8, 4) is 5.69 Å². The van der Waals surface area contributed by atoms with Crippen LogP contribution in [-0.4, -0.2) is 4.57 Å². The van der Waals surface area contributed by atoms with E-state index in [-0.39, 0.29) is 0 Å². The monoisotopic (exact) mass is 567 g/mol. The van der Waals surface area contributed by atoms with Gasteiger partial charge in [0.1, 0.15) is 0 Å². The summed E-state index contributed by atoms with van der Waals surface area (Å²) in [5, 5.41) is 12.0. The van der Waals surface area contributed by atoms with E-state index in [0.717, 1.165) is 32.4 Å². The Balaban J connectivity index is 1.40. The van der Waals surface area contributed by atoms with Gasteiger partial charge in [0.15, 0.2) is 7.14 Å². The smallest absolute Gasteiger partial charge is 0.171 e. The molecule has 0 aliphatic heterocycles. The van der Waals surface area contributed by atoms with Crippen molar-refractivity contribution in [2.24, 2.45) is 0 Å². The molecule has 0 saturated heterocycles. The zero-order valence-electron chi connectivity index (χ0n) is 23.3. The number of nitrogens with zero attached hydrogens (tertiary/aromatic N) is 1. The third kappa shape index (κ3) is 3.39. The summed E-state index contributed by atoms with van der Waals surface area (Å²) in [5.41, 5.74) is 3.54. The molecule has 0 aliphatic rings. The highest BCUT2D eigenvalue weighted by Gasteiger charge is 2.32. The second-order valence-corrected chi connectivity index (χ2v) is 14.0. The standard InChI is InChI=1S/C40H26NOP/c42-43(29-11-3-1-4-12-29,30-13-5-2-6-14-30)38-26-22-28-19-23-33-37(25-21-27-20-24-34(38)40(28)39(27)33)41-35-17-9-7-15-31(35)32-16-8-10-18-36(32)41/h1-26H. The molecule has 0 radical (unpaired) electrons. The van der Waals surface area contributed by atoms with Crippen LogP contribution in [0.4, 0.5) is 0 Å². The van der Waals surface area contributed by atoms with E-state index < -0.39 is 7.14 Å². The van der Waals surface area contributed by atoms with Gasteiger partial charge in [-0.1, -0.05) is 133 Å². The van der Waals surface area contributed by atoms with Crippen LogP contribution in [-0.2, 0) is 4.57 Å². The predicted octanol–water partition coefficient (Wildman–Crippen LogP) is 9.32. The molecule has 0 saturated carbocycles. The van der Waals surface area contributed by atoms with Crippen LogP contribution in [0.1, 0.15) is 0 Å². The third-order valence-electron chi connectivity index (χ3n) is 9.02. The van der Waals surface area contributed by atoms with Crippen LogP contribution >= 0.6 is 7.14 Å². The average Bonchev–Trinajstić information content (AvgIpc) is 3.42. The van der Waals surface area contributed by atoms with Crippen molar-refractivity contribution in [1.29, 1.82) is 0 Å². The molecule has 2 nitrogen and oxygen atoms in total. The van der Waals surface area contributed by atoms with Gasteiger partial charge in [0.05, 0.1) is 16.7 Å². The number of fused-ring (bicyclic) bond motifs is 3. The minimum Gasteiger partial charge on any atom is -0.309 e. The van der Waals surface area contributed by atoms with Crippen LogP contribution in [0.3, 0.4) is 0 Å². The van der Waals surface area contributed by atoms with Crippen molar-refractivity contribution in [2.45, 2.75) is 0 Å². The van der Waals surface area contributed by atoms with Gasteiger partial charge in [-0.2, -0.15) is 0 Å². The van der Waals surface area contributed by atoms with Crippen molar-refractivity contribution >= 4 is 77.2 Å². The van der Waals surface area contributed by atoms with Gasteiger partial charge in [0.25, 0.3) is 0 Å². The maximum Gasteiger partial charge on any atom is 0.171 e. The Hall–Kier alpha value is -5.17. The predicted molar refractivity (Wildman–Crippen MR) is 184 cm³/mol. The minimum atomic E-state index is -3.17. The van der Waals surface area contributed by atoms with Gasteiger partial charge in [-0.3, -0.25) is 0 Å². The van der Waals surface area contributed by atoms with E-state index in [4.69, 9.17) is 0 Å². The number of aromatic nitrogens is 1. The Bertz CT molecular complexity index is 2430. The molecule has 0 unspecified atom stereocenters. The molecule has 9 aromatic rings. The van der Waals surface area contributed by atoms with Crippen molar-refractivity contribution < 1.29 is 4.57 Å². The van der Waals surface area contributed by atoms with Gasteiger partial charge in [-0.25, -0.2) is 0 Å². The van der Waals surface area contributed by atoms with Gasteiger partial charge in [0.2, 0.25) is 0 Å². The first kappa shape index (κ1) is 24.4. The summed E-state index contributed by atoms with van der Waals surface area (Å²) < 4.78 is 17.9. The van der Waals surface area contributed by atoms with Crippen LogP contribution in [0.25, 0.3) is 59.8 Å². The lowest BCUT2D eigenvalue weighted by molar-refractivity contribution is 0.592. The van der Waals surface area contributed by atoms with E-state index in [1.165, 1.54) is 43.4 Å². The Morgan fingerprint density at radius 2 is 0.860 bits per heavy atom. The van der Waals surface area contributed by atoms with Gasteiger partial charge in [-0.05, 0) is 51.2 Å². The van der Waals surface area contributed by atoms with E-state index in [1.807, 2.05) is 60.7 Å². The second kappa shape index (κ2) is 9.16. The molecule has 43 heavy (non-hydrogen) atoms. The van der Waals surface area contributed by atoms with E-state index in [2.05, 4.69) is 102 Å². The van der Waals surface area contributed by atoms with Crippen molar-refractivity contribution in [2.75, 3.05) is 0 Å². The van der Waals surface area contributed by atoms with E-state index in [9.17, 15) is 0 Å². The fourth-order valence-electron chi connectivity index (χ4n) is 7.12. The molecule has 0 atom stereocenters. The molecule has 1 heterocycles.